The maximum Gasteiger partial charge on any atom is 0.181 e. The van der Waals surface area contributed by atoms with Crippen molar-refractivity contribution in [2.24, 2.45) is 0 Å². The fourth-order valence-electron chi connectivity index (χ4n) is 4.63. The monoisotopic (exact) mass is 502 g/mol. The van der Waals surface area contributed by atoms with Crippen molar-refractivity contribution in [1.82, 2.24) is 9.97 Å². The number of fused-ring (bicyclic) bond motifs is 2. The van der Waals surface area contributed by atoms with Crippen LogP contribution in [0.15, 0.2) is 48.7 Å². The van der Waals surface area contributed by atoms with Gasteiger partial charge in [-0.3, -0.25) is 9.59 Å². The number of ketones is 2. The van der Waals surface area contributed by atoms with E-state index in [1.165, 1.54) is 7.11 Å². The number of aryl methyl sites for hydroxylation is 1. The molecule has 8 heteroatoms. The van der Waals surface area contributed by atoms with Crippen molar-refractivity contribution in [2.45, 2.75) is 26.2 Å². The summed E-state index contributed by atoms with van der Waals surface area (Å²) in [4.78, 5) is 34.0. The van der Waals surface area contributed by atoms with Crippen LogP contribution in [0.1, 0.15) is 44.8 Å². The van der Waals surface area contributed by atoms with Gasteiger partial charge in [-0.25, -0.2) is 9.37 Å². The number of rotatable bonds is 10. The summed E-state index contributed by atoms with van der Waals surface area (Å²) < 4.78 is 28.9. The van der Waals surface area contributed by atoms with Gasteiger partial charge >= 0.3 is 0 Å². The molecule has 0 radical (unpaired) electrons. The van der Waals surface area contributed by atoms with Crippen molar-refractivity contribution in [3.05, 3.63) is 71.0 Å². The molecule has 190 valence electrons. The van der Waals surface area contributed by atoms with E-state index in [2.05, 4.69) is 4.98 Å². The molecule has 2 aromatic carbocycles. The zero-order valence-electron chi connectivity index (χ0n) is 20.7. The Morgan fingerprint density at radius 2 is 1.95 bits per heavy atom. The number of methoxy groups -OCH3 is 1. The van der Waals surface area contributed by atoms with Gasteiger partial charge in [0.15, 0.2) is 23.1 Å². The van der Waals surface area contributed by atoms with E-state index in [9.17, 15) is 14.0 Å². The average Bonchev–Trinajstić information content (AvgIpc) is 3.57. The number of halogens is 1. The van der Waals surface area contributed by atoms with E-state index >= 15 is 0 Å². The largest absolute Gasteiger partial charge is 0.493 e. The third-order valence-electron chi connectivity index (χ3n) is 6.53. The number of pyridine rings is 1. The standard InChI is InChI=1S/C29H27FN2O5/c1-17-4-3-5-20-21(16-31-27(17)20)28-29-19(10-12-37-29)14-22(32-28)24(34)8-7-23(33)18-6-9-25(36-13-11-30)26(15-18)35-2/h3-6,9,14-16,31H,7-8,10-13H2,1-2H3. The van der Waals surface area contributed by atoms with E-state index < -0.39 is 6.67 Å². The van der Waals surface area contributed by atoms with Crippen molar-refractivity contribution >= 4 is 22.5 Å². The quantitative estimate of drug-likeness (QED) is 0.281. The van der Waals surface area contributed by atoms with Gasteiger partial charge in [0, 0.05) is 53.1 Å². The third-order valence-corrected chi connectivity index (χ3v) is 6.53. The van der Waals surface area contributed by atoms with Gasteiger partial charge in [-0.2, -0.15) is 0 Å². The zero-order chi connectivity index (χ0) is 25.9. The highest BCUT2D eigenvalue weighted by molar-refractivity contribution is 6.03. The Morgan fingerprint density at radius 3 is 2.76 bits per heavy atom. The SMILES string of the molecule is COc1cc(C(=O)CCC(=O)c2cc3c(c(-c4c[nH]c5c(C)cccc45)n2)OCC3)ccc1OCCF. The van der Waals surface area contributed by atoms with Crippen LogP contribution in [0.2, 0.25) is 0 Å². The summed E-state index contributed by atoms with van der Waals surface area (Å²) in [5.74, 6) is 0.981. The molecule has 0 atom stereocenters. The number of aromatic amines is 1. The Kier molecular flexibility index (Phi) is 6.90. The molecular weight excluding hydrogens is 475 g/mol. The molecule has 4 aromatic rings. The van der Waals surface area contributed by atoms with Crippen LogP contribution in [0.5, 0.6) is 17.2 Å². The Balaban J connectivity index is 1.37. The molecule has 3 heterocycles. The first-order valence-electron chi connectivity index (χ1n) is 12.2. The average molecular weight is 503 g/mol. The third kappa shape index (κ3) is 4.79. The fourth-order valence-corrected chi connectivity index (χ4v) is 4.63. The molecule has 0 saturated carbocycles. The zero-order valence-corrected chi connectivity index (χ0v) is 20.7. The number of benzene rings is 2. The van der Waals surface area contributed by atoms with Crippen LogP contribution in [-0.2, 0) is 6.42 Å². The van der Waals surface area contributed by atoms with Crippen molar-refractivity contribution in [2.75, 3.05) is 27.0 Å². The molecular formula is C29H27FN2O5. The number of carbonyl (C=O) groups is 2. The number of H-pyrrole nitrogens is 1. The number of hydrogen-bond acceptors (Lipinski definition) is 6. The minimum atomic E-state index is -0.629. The molecule has 1 N–H and O–H groups in total. The number of nitrogens with zero attached hydrogens (tertiary/aromatic N) is 1. The number of ether oxygens (including phenoxy) is 3. The molecule has 0 spiro atoms. The maximum atomic E-state index is 13.2. The normalized spacial score (nSPS) is 12.3. The Hall–Kier alpha value is -4.20. The van der Waals surface area contributed by atoms with Crippen molar-refractivity contribution in [3.63, 3.8) is 0 Å². The summed E-state index contributed by atoms with van der Waals surface area (Å²) in [5.41, 5.74) is 5.30. The first-order valence-corrected chi connectivity index (χ1v) is 12.2. The van der Waals surface area contributed by atoms with Gasteiger partial charge in [-0.15, -0.1) is 0 Å². The second-order valence-electron chi connectivity index (χ2n) is 8.89. The maximum absolute atomic E-state index is 13.2. The van der Waals surface area contributed by atoms with E-state index in [1.54, 1.807) is 24.3 Å². The number of alkyl halides is 1. The molecule has 5 rings (SSSR count). The van der Waals surface area contributed by atoms with Crippen LogP contribution < -0.4 is 14.2 Å². The van der Waals surface area contributed by atoms with E-state index in [0.29, 0.717) is 47.2 Å². The van der Waals surface area contributed by atoms with Gasteiger partial charge in [0.1, 0.15) is 30.4 Å². The number of Topliss-reactive ketones (excluding diaryl/α,β-unsaturated/α-hetero) is 2. The molecule has 0 fully saturated rings. The molecule has 0 saturated heterocycles. The molecule has 37 heavy (non-hydrogen) atoms. The van der Waals surface area contributed by atoms with Gasteiger partial charge in [-0.05, 0) is 36.8 Å². The molecule has 0 unspecified atom stereocenters. The van der Waals surface area contributed by atoms with E-state index in [1.807, 2.05) is 31.3 Å². The smallest absolute Gasteiger partial charge is 0.181 e. The Morgan fingerprint density at radius 1 is 1.11 bits per heavy atom. The predicted octanol–water partition coefficient (Wildman–Crippen LogP) is 5.68. The molecule has 0 aliphatic carbocycles. The highest BCUT2D eigenvalue weighted by Crippen LogP contribution is 2.39. The van der Waals surface area contributed by atoms with Gasteiger partial charge in [0.25, 0.3) is 0 Å². The highest BCUT2D eigenvalue weighted by Gasteiger charge is 2.25. The lowest BCUT2D eigenvalue weighted by Crippen LogP contribution is -2.09. The number of aromatic nitrogens is 2. The second-order valence-corrected chi connectivity index (χ2v) is 8.89. The summed E-state index contributed by atoms with van der Waals surface area (Å²) in [6, 6.07) is 12.5. The topological polar surface area (TPSA) is 90.5 Å². The second kappa shape index (κ2) is 10.4. The summed E-state index contributed by atoms with van der Waals surface area (Å²) >= 11 is 0. The van der Waals surface area contributed by atoms with E-state index in [-0.39, 0.29) is 31.0 Å². The van der Waals surface area contributed by atoms with Gasteiger partial charge in [-0.1, -0.05) is 18.2 Å². The Bertz CT molecular complexity index is 1490. The van der Waals surface area contributed by atoms with Crippen LogP contribution in [0, 0.1) is 6.92 Å². The van der Waals surface area contributed by atoms with Gasteiger partial charge < -0.3 is 19.2 Å². The number of para-hydroxylation sites is 1. The van der Waals surface area contributed by atoms with Gasteiger partial charge in [0.05, 0.1) is 13.7 Å². The molecule has 2 aromatic heterocycles. The van der Waals surface area contributed by atoms with Crippen molar-refractivity contribution in [1.29, 1.82) is 0 Å². The highest BCUT2D eigenvalue weighted by atomic mass is 19.1. The van der Waals surface area contributed by atoms with Crippen LogP contribution in [0.3, 0.4) is 0 Å². The predicted molar refractivity (Wildman–Crippen MR) is 138 cm³/mol. The first-order chi connectivity index (χ1) is 18.0. The molecule has 7 nitrogen and oxygen atoms in total. The summed E-state index contributed by atoms with van der Waals surface area (Å²) in [6.07, 6.45) is 2.63. The molecule has 0 bridgehead atoms. The Labute approximate surface area is 213 Å². The van der Waals surface area contributed by atoms with Crippen LogP contribution in [-0.4, -0.2) is 48.5 Å². The van der Waals surface area contributed by atoms with Crippen LogP contribution in [0.4, 0.5) is 4.39 Å². The summed E-state index contributed by atoms with van der Waals surface area (Å²) in [7, 11) is 1.45. The van der Waals surface area contributed by atoms with Gasteiger partial charge in [0.2, 0.25) is 0 Å². The number of carbonyl (C=O) groups excluding carboxylic acids is 2. The first kappa shape index (κ1) is 24.5. The van der Waals surface area contributed by atoms with Crippen LogP contribution >= 0.6 is 0 Å². The lowest BCUT2D eigenvalue weighted by molar-refractivity contribution is 0.0915. The minimum Gasteiger partial charge on any atom is -0.493 e. The lowest BCUT2D eigenvalue weighted by atomic mass is 10.0. The number of hydrogen-bond donors (Lipinski definition) is 1. The van der Waals surface area contributed by atoms with Crippen molar-refractivity contribution < 1.29 is 28.2 Å². The number of nitrogens with one attached hydrogen (secondary N) is 1. The van der Waals surface area contributed by atoms with Crippen molar-refractivity contribution in [3.8, 4) is 28.5 Å². The van der Waals surface area contributed by atoms with Crippen LogP contribution in [0.25, 0.3) is 22.2 Å². The molecule has 0 amide bonds. The molecule has 1 aliphatic heterocycles. The fraction of sp³-hybridized carbons (Fsp3) is 0.276. The lowest BCUT2D eigenvalue weighted by Gasteiger charge is -2.11. The minimum absolute atomic E-state index is 0.0142. The summed E-state index contributed by atoms with van der Waals surface area (Å²) in [5, 5.41) is 1.01. The van der Waals surface area contributed by atoms with E-state index in [0.717, 1.165) is 27.6 Å². The molecule has 1 aliphatic rings. The van der Waals surface area contributed by atoms with E-state index in [4.69, 9.17) is 19.2 Å². The summed E-state index contributed by atoms with van der Waals surface area (Å²) in [6.45, 7) is 1.84.